The Hall–Kier alpha value is -3.28. The predicted octanol–water partition coefficient (Wildman–Crippen LogP) is 3.94. The van der Waals surface area contributed by atoms with Crippen LogP contribution in [0.3, 0.4) is 0 Å². The van der Waals surface area contributed by atoms with Crippen LogP contribution in [-0.2, 0) is 11.2 Å². The first-order chi connectivity index (χ1) is 14.8. The highest BCUT2D eigenvalue weighted by molar-refractivity contribution is 5.77. The molecular weight excluding hydrogens is 378 g/mol. The second-order valence-corrected chi connectivity index (χ2v) is 7.78. The smallest absolute Gasteiger partial charge is 0.223 e. The zero-order chi connectivity index (χ0) is 20.3. The molecule has 3 aromatic rings. The molecule has 0 spiro atoms. The Morgan fingerprint density at radius 2 is 1.90 bits per heavy atom. The van der Waals surface area contributed by atoms with Crippen LogP contribution in [-0.4, -0.2) is 40.3 Å². The van der Waals surface area contributed by atoms with Gasteiger partial charge in [0.2, 0.25) is 5.91 Å². The molecule has 1 amide bonds. The van der Waals surface area contributed by atoms with Crippen LogP contribution in [0.15, 0.2) is 60.9 Å². The SMILES string of the molecule is O=C(CCc1cnn(-c2ccccc2)c1)N1CCCC1c1ccc2c(c1)OCCO2. The van der Waals surface area contributed by atoms with Crippen molar-refractivity contribution in [2.75, 3.05) is 19.8 Å². The molecule has 0 radical (unpaired) electrons. The summed E-state index contributed by atoms with van der Waals surface area (Å²) in [5, 5.41) is 4.43. The third-order valence-electron chi connectivity index (χ3n) is 5.81. The van der Waals surface area contributed by atoms with E-state index in [-0.39, 0.29) is 11.9 Å². The van der Waals surface area contributed by atoms with Crippen LogP contribution >= 0.6 is 0 Å². The Kier molecular flexibility index (Phi) is 5.13. The van der Waals surface area contributed by atoms with E-state index in [0.29, 0.717) is 26.1 Å². The lowest BCUT2D eigenvalue weighted by molar-refractivity contribution is -0.132. The first kappa shape index (κ1) is 18.7. The Balaban J connectivity index is 1.24. The summed E-state index contributed by atoms with van der Waals surface area (Å²) in [4.78, 5) is 15.0. The van der Waals surface area contributed by atoms with Gasteiger partial charge in [0.25, 0.3) is 0 Å². The van der Waals surface area contributed by atoms with E-state index in [1.54, 1.807) is 0 Å². The third-order valence-corrected chi connectivity index (χ3v) is 5.81. The van der Waals surface area contributed by atoms with Crippen LogP contribution in [0.1, 0.15) is 36.4 Å². The molecule has 6 heteroatoms. The summed E-state index contributed by atoms with van der Waals surface area (Å²) in [6.07, 6.45) is 7.04. The zero-order valence-electron chi connectivity index (χ0n) is 16.9. The normalized spacial score (nSPS) is 17.9. The van der Waals surface area contributed by atoms with Gasteiger partial charge in [-0.3, -0.25) is 4.79 Å². The zero-order valence-corrected chi connectivity index (χ0v) is 16.9. The Morgan fingerprint density at radius 3 is 2.77 bits per heavy atom. The summed E-state index contributed by atoms with van der Waals surface area (Å²) in [7, 11) is 0. The number of hydrogen-bond acceptors (Lipinski definition) is 4. The van der Waals surface area contributed by atoms with Crippen LogP contribution < -0.4 is 9.47 Å². The molecule has 6 nitrogen and oxygen atoms in total. The molecule has 154 valence electrons. The number of likely N-dealkylation sites (tertiary alicyclic amines) is 1. The second-order valence-electron chi connectivity index (χ2n) is 7.78. The topological polar surface area (TPSA) is 56.6 Å². The third kappa shape index (κ3) is 3.77. The lowest BCUT2D eigenvalue weighted by Gasteiger charge is -2.27. The number of ether oxygens (including phenoxy) is 2. The van der Waals surface area contributed by atoms with Crippen molar-refractivity contribution < 1.29 is 14.3 Å². The molecule has 1 saturated heterocycles. The van der Waals surface area contributed by atoms with Gasteiger partial charge in [-0.25, -0.2) is 4.68 Å². The van der Waals surface area contributed by atoms with Gasteiger partial charge in [-0.15, -0.1) is 0 Å². The van der Waals surface area contributed by atoms with Crippen molar-refractivity contribution in [3.8, 4) is 17.2 Å². The summed E-state index contributed by atoms with van der Waals surface area (Å²) >= 11 is 0. The first-order valence-electron chi connectivity index (χ1n) is 10.6. The number of nitrogens with zero attached hydrogens (tertiary/aromatic N) is 3. The number of para-hydroxylation sites is 1. The number of hydrogen-bond donors (Lipinski definition) is 0. The maximum absolute atomic E-state index is 13.0. The quantitative estimate of drug-likeness (QED) is 0.648. The van der Waals surface area contributed by atoms with Crippen LogP contribution in [0.25, 0.3) is 5.69 Å². The summed E-state index contributed by atoms with van der Waals surface area (Å²) in [5.74, 6) is 1.77. The lowest BCUT2D eigenvalue weighted by Crippen LogP contribution is -2.30. The van der Waals surface area contributed by atoms with Crippen molar-refractivity contribution in [1.82, 2.24) is 14.7 Å². The van der Waals surface area contributed by atoms with Crippen molar-refractivity contribution in [3.05, 3.63) is 72.1 Å². The van der Waals surface area contributed by atoms with Gasteiger partial charge in [-0.1, -0.05) is 24.3 Å². The highest BCUT2D eigenvalue weighted by Gasteiger charge is 2.30. The summed E-state index contributed by atoms with van der Waals surface area (Å²) in [6, 6.07) is 16.2. The molecule has 1 aromatic heterocycles. The molecule has 0 saturated carbocycles. The van der Waals surface area contributed by atoms with Gasteiger partial charge in [-0.2, -0.15) is 5.10 Å². The van der Waals surface area contributed by atoms with Gasteiger partial charge >= 0.3 is 0 Å². The van der Waals surface area contributed by atoms with Crippen molar-refractivity contribution in [2.45, 2.75) is 31.7 Å². The van der Waals surface area contributed by atoms with E-state index >= 15 is 0 Å². The fourth-order valence-corrected chi connectivity index (χ4v) is 4.28. The van der Waals surface area contributed by atoms with Crippen molar-refractivity contribution in [3.63, 3.8) is 0 Å². The molecule has 30 heavy (non-hydrogen) atoms. The number of amides is 1. The molecule has 0 bridgehead atoms. The number of aromatic nitrogens is 2. The largest absolute Gasteiger partial charge is 0.486 e. The number of rotatable bonds is 5. The van der Waals surface area contributed by atoms with Gasteiger partial charge in [-0.05, 0) is 54.7 Å². The summed E-state index contributed by atoms with van der Waals surface area (Å²) in [6.45, 7) is 1.96. The maximum Gasteiger partial charge on any atom is 0.223 e. The minimum atomic E-state index is 0.111. The number of aryl methyl sites for hydroxylation is 1. The molecule has 2 aliphatic heterocycles. The van der Waals surface area contributed by atoms with Crippen molar-refractivity contribution in [2.24, 2.45) is 0 Å². The fraction of sp³-hybridized carbons (Fsp3) is 0.333. The Morgan fingerprint density at radius 1 is 1.07 bits per heavy atom. The van der Waals surface area contributed by atoms with Crippen LogP contribution in [0, 0.1) is 0 Å². The molecule has 3 heterocycles. The van der Waals surface area contributed by atoms with E-state index in [4.69, 9.17) is 9.47 Å². The van der Waals surface area contributed by atoms with E-state index in [1.807, 2.05) is 64.4 Å². The minimum absolute atomic E-state index is 0.111. The molecule has 1 atom stereocenters. The number of carbonyl (C=O) groups excluding carboxylic acids is 1. The Labute approximate surface area is 176 Å². The highest BCUT2D eigenvalue weighted by atomic mass is 16.6. The van der Waals surface area contributed by atoms with Gasteiger partial charge in [0.05, 0.1) is 17.9 Å². The molecule has 0 aliphatic carbocycles. The van der Waals surface area contributed by atoms with Crippen LogP contribution in [0.5, 0.6) is 11.5 Å². The molecule has 1 unspecified atom stereocenters. The fourth-order valence-electron chi connectivity index (χ4n) is 4.28. The molecule has 2 aromatic carbocycles. The monoisotopic (exact) mass is 403 g/mol. The van der Waals surface area contributed by atoms with E-state index < -0.39 is 0 Å². The number of carbonyl (C=O) groups is 1. The van der Waals surface area contributed by atoms with E-state index in [2.05, 4.69) is 11.2 Å². The average molecular weight is 403 g/mol. The number of benzene rings is 2. The molecule has 5 rings (SSSR count). The number of fused-ring (bicyclic) bond motifs is 1. The Bertz CT molecular complexity index is 1030. The summed E-state index contributed by atoms with van der Waals surface area (Å²) < 4.78 is 13.2. The highest BCUT2D eigenvalue weighted by Crippen LogP contribution is 2.38. The predicted molar refractivity (Wildman–Crippen MR) is 113 cm³/mol. The van der Waals surface area contributed by atoms with Crippen molar-refractivity contribution >= 4 is 5.91 Å². The molecule has 1 fully saturated rings. The van der Waals surface area contributed by atoms with Gasteiger partial charge < -0.3 is 14.4 Å². The first-order valence-corrected chi connectivity index (χ1v) is 10.6. The van der Waals surface area contributed by atoms with E-state index in [1.165, 1.54) is 0 Å². The standard InChI is InChI=1S/C24H25N3O3/c28-24(11-8-18-16-25-27(17-18)20-5-2-1-3-6-20)26-12-4-7-21(26)19-9-10-22-23(15-19)30-14-13-29-22/h1-3,5-6,9-10,15-17,21H,4,7-8,11-14H2. The average Bonchev–Trinajstić information content (AvgIpc) is 3.48. The molecule has 2 aliphatic rings. The van der Waals surface area contributed by atoms with Crippen LogP contribution in [0.4, 0.5) is 0 Å². The van der Waals surface area contributed by atoms with E-state index in [0.717, 1.165) is 47.7 Å². The molecule has 0 N–H and O–H groups in total. The van der Waals surface area contributed by atoms with Crippen molar-refractivity contribution in [1.29, 1.82) is 0 Å². The minimum Gasteiger partial charge on any atom is -0.486 e. The molecular formula is C24H25N3O3. The second kappa shape index (κ2) is 8.22. The van der Waals surface area contributed by atoms with Gasteiger partial charge in [0, 0.05) is 19.2 Å². The van der Waals surface area contributed by atoms with Crippen LogP contribution in [0.2, 0.25) is 0 Å². The van der Waals surface area contributed by atoms with E-state index in [9.17, 15) is 4.79 Å². The van der Waals surface area contributed by atoms with Gasteiger partial charge in [0.15, 0.2) is 11.5 Å². The summed E-state index contributed by atoms with van der Waals surface area (Å²) in [5.41, 5.74) is 3.22. The maximum atomic E-state index is 13.0. The lowest BCUT2D eigenvalue weighted by atomic mass is 10.0. The van der Waals surface area contributed by atoms with Gasteiger partial charge in [0.1, 0.15) is 13.2 Å².